The summed E-state index contributed by atoms with van der Waals surface area (Å²) in [5.74, 6) is 0.147. The van der Waals surface area contributed by atoms with Crippen molar-refractivity contribution >= 4 is 15.5 Å². The molecule has 5 heteroatoms. The molecule has 0 aliphatic carbocycles. The molecule has 0 aromatic heterocycles. The van der Waals surface area contributed by atoms with Crippen LogP contribution >= 0.6 is 0 Å². The third-order valence-electron chi connectivity index (χ3n) is 3.30. The minimum atomic E-state index is -3.09. The van der Waals surface area contributed by atoms with E-state index in [0.29, 0.717) is 10.9 Å². The van der Waals surface area contributed by atoms with Crippen LogP contribution in [-0.4, -0.2) is 33.3 Å². The van der Waals surface area contributed by atoms with Gasteiger partial charge in [0.25, 0.3) is 0 Å². The first-order valence-corrected chi connectivity index (χ1v) is 8.07. The SMILES string of the molecule is CCS(=O)(=O)c1ccc(NC2CCNCC2)cc1. The van der Waals surface area contributed by atoms with Crippen LogP contribution in [0.25, 0.3) is 0 Å². The second kappa shape index (κ2) is 5.71. The molecule has 1 fully saturated rings. The summed E-state index contributed by atoms with van der Waals surface area (Å²) in [6, 6.07) is 7.56. The second-order valence-corrected chi connectivity index (χ2v) is 6.87. The van der Waals surface area contributed by atoms with E-state index in [9.17, 15) is 8.42 Å². The molecule has 1 aliphatic heterocycles. The van der Waals surface area contributed by atoms with Crippen LogP contribution in [0.15, 0.2) is 29.2 Å². The molecule has 1 saturated heterocycles. The average Bonchev–Trinajstić information content (AvgIpc) is 2.40. The highest BCUT2D eigenvalue weighted by molar-refractivity contribution is 7.91. The predicted octanol–water partition coefficient (Wildman–Crippen LogP) is 1.64. The van der Waals surface area contributed by atoms with Gasteiger partial charge in [-0.2, -0.15) is 0 Å². The molecule has 1 aliphatic rings. The lowest BCUT2D eigenvalue weighted by molar-refractivity contribution is 0.479. The fourth-order valence-corrected chi connectivity index (χ4v) is 3.01. The first-order chi connectivity index (χ1) is 8.62. The van der Waals surface area contributed by atoms with Crippen molar-refractivity contribution in [2.24, 2.45) is 0 Å². The van der Waals surface area contributed by atoms with Gasteiger partial charge in [-0.1, -0.05) is 6.92 Å². The molecule has 1 aromatic carbocycles. The standard InChI is InChI=1S/C13H20N2O2S/c1-2-18(16,17)13-5-3-11(4-6-13)15-12-7-9-14-10-8-12/h3-6,12,14-15H,2,7-10H2,1H3. The van der Waals surface area contributed by atoms with E-state index in [4.69, 9.17) is 0 Å². The average molecular weight is 268 g/mol. The molecule has 0 radical (unpaired) electrons. The van der Waals surface area contributed by atoms with Gasteiger partial charge in [0.05, 0.1) is 10.6 Å². The zero-order chi connectivity index (χ0) is 13.0. The van der Waals surface area contributed by atoms with E-state index in [1.54, 1.807) is 19.1 Å². The zero-order valence-corrected chi connectivity index (χ0v) is 11.5. The Morgan fingerprint density at radius 2 is 1.83 bits per heavy atom. The van der Waals surface area contributed by atoms with Crippen molar-refractivity contribution in [2.75, 3.05) is 24.2 Å². The first-order valence-electron chi connectivity index (χ1n) is 6.42. The molecular formula is C13H20N2O2S. The van der Waals surface area contributed by atoms with Gasteiger partial charge in [0.15, 0.2) is 9.84 Å². The number of piperidine rings is 1. The van der Waals surface area contributed by atoms with E-state index in [1.165, 1.54) is 0 Å². The van der Waals surface area contributed by atoms with Crippen LogP contribution in [0.5, 0.6) is 0 Å². The Morgan fingerprint density at radius 1 is 1.22 bits per heavy atom. The highest BCUT2D eigenvalue weighted by atomic mass is 32.2. The van der Waals surface area contributed by atoms with Gasteiger partial charge in [-0.3, -0.25) is 0 Å². The third-order valence-corrected chi connectivity index (χ3v) is 5.05. The molecule has 0 amide bonds. The van der Waals surface area contributed by atoms with Crippen molar-refractivity contribution < 1.29 is 8.42 Å². The highest BCUT2D eigenvalue weighted by Crippen LogP contribution is 2.17. The largest absolute Gasteiger partial charge is 0.382 e. The fourth-order valence-electron chi connectivity index (χ4n) is 2.13. The Morgan fingerprint density at radius 3 is 2.39 bits per heavy atom. The Labute approximate surface area is 109 Å². The molecule has 0 atom stereocenters. The van der Waals surface area contributed by atoms with Gasteiger partial charge < -0.3 is 10.6 Å². The molecule has 0 spiro atoms. The molecular weight excluding hydrogens is 248 g/mol. The zero-order valence-electron chi connectivity index (χ0n) is 10.6. The molecule has 2 N–H and O–H groups in total. The summed E-state index contributed by atoms with van der Waals surface area (Å²) in [5.41, 5.74) is 0.997. The first kappa shape index (κ1) is 13.4. The molecule has 18 heavy (non-hydrogen) atoms. The minimum Gasteiger partial charge on any atom is -0.382 e. The van der Waals surface area contributed by atoms with Crippen molar-refractivity contribution in [2.45, 2.75) is 30.7 Å². The summed E-state index contributed by atoms with van der Waals surface area (Å²) in [5, 5.41) is 6.76. The van der Waals surface area contributed by atoms with Gasteiger partial charge in [-0.15, -0.1) is 0 Å². The summed E-state index contributed by atoms with van der Waals surface area (Å²) in [6.07, 6.45) is 2.21. The van der Waals surface area contributed by atoms with Gasteiger partial charge in [0, 0.05) is 11.7 Å². The maximum atomic E-state index is 11.7. The second-order valence-electron chi connectivity index (χ2n) is 4.60. The summed E-state index contributed by atoms with van der Waals surface area (Å²) >= 11 is 0. The van der Waals surface area contributed by atoms with Crippen molar-refractivity contribution in [3.8, 4) is 0 Å². The topological polar surface area (TPSA) is 58.2 Å². The van der Waals surface area contributed by atoms with Gasteiger partial charge in [0.1, 0.15) is 0 Å². The molecule has 0 bridgehead atoms. The van der Waals surface area contributed by atoms with E-state index >= 15 is 0 Å². The molecule has 0 saturated carbocycles. The number of sulfone groups is 1. The summed E-state index contributed by atoms with van der Waals surface area (Å²) < 4.78 is 23.3. The summed E-state index contributed by atoms with van der Waals surface area (Å²) in [6.45, 7) is 3.75. The number of rotatable bonds is 4. The predicted molar refractivity (Wildman–Crippen MR) is 73.7 cm³/mol. The Kier molecular flexibility index (Phi) is 4.24. The van der Waals surface area contributed by atoms with Crippen LogP contribution < -0.4 is 10.6 Å². The van der Waals surface area contributed by atoms with E-state index in [-0.39, 0.29) is 5.75 Å². The maximum Gasteiger partial charge on any atom is 0.178 e. The summed E-state index contributed by atoms with van der Waals surface area (Å²) in [7, 11) is -3.09. The van der Waals surface area contributed by atoms with Crippen LogP contribution in [0.1, 0.15) is 19.8 Å². The van der Waals surface area contributed by atoms with Crippen LogP contribution in [0.4, 0.5) is 5.69 Å². The number of nitrogens with one attached hydrogen (secondary N) is 2. The molecule has 0 unspecified atom stereocenters. The van der Waals surface area contributed by atoms with E-state index in [1.807, 2.05) is 12.1 Å². The number of hydrogen-bond donors (Lipinski definition) is 2. The van der Waals surface area contributed by atoms with Crippen LogP contribution in [0, 0.1) is 0 Å². The molecule has 4 nitrogen and oxygen atoms in total. The molecule has 1 heterocycles. The number of anilines is 1. The smallest absolute Gasteiger partial charge is 0.178 e. The lowest BCUT2D eigenvalue weighted by Gasteiger charge is -2.24. The van der Waals surface area contributed by atoms with Crippen LogP contribution in [-0.2, 0) is 9.84 Å². The van der Waals surface area contributed by atoms with Gasteiger partial charge in [0.2, 0.25) is 0 Å². The third kappa shape index (κ3) is 3.23. The lowest BCUT2D eigenvalue weighted by Crippen LogP contribution is -2.35. The Bertz CT molecular complexity index is 476. The van der Waals surface area contributed by atoms with Crippen molar-refractivity contribution in [3.63, 3.8) is 0 Å². The quantitative estimate of drug-likeness (QED) is 0.871. The van der Waals surface area contributed by atoms with Gasteiger partial charge in [-0.05, 0) is 50.2 Å². The Hall–Kier alpha value is -1.07. The maximum absolute atomic E-state index is 11.7. The molecule has 1 aromatic rings. The van der Waals surface area contributed by atoms with E-state index in [0.717, 1.165) is 31.6 Å². The normalized spacial score (nSPS) is 17.6. The monoisotopic (exact) mass is 268 g/mol. The van der Waals surface area contributed by atoms with Crippen LogP contribution in [0.2, 0.25) is 0 Å². The Balaban J connectivity index is 2.03. The number of hydrogen-bond acceptors (Lipinski definition) is 4. The van der Waals surface area contributed by atoms with E-state index < -0.39 is 9.84 Å². The van der Waals surface area contributed by atoms with Crippen molar-refractivity contribution in [3.05, 3.63) is 24.3 Å². The van der Waals surface area contributed by atoms with E-state index in [2.05, 4.69) is 10.6 Å². The highest BCUT2D eigenvalue weighted by Gasteiger charge is 2.14. The van der Waals surface area contributed by atoms with Crippen LogP contribution in [0.3, 0.4) is 0 Å². The molecule has 100 valence electrons. The van der Waals surface area contributed by atoms with Gasteiger partial charge in [-0.25, -0.2) is 8.42 Å². The fraction of sp³-hybridized carbons (Fsp3) is 0.538. The minimum absolute atomic E-state index is 0.147. The number of benzene rings is 1. The van der Waals surface area contributed by atoms with Crippen molar-refractivity contribution in [1.82, 2.24) is 5.32 Å². The van der Waals surface area contributed by atoms with Gasteiger partial charge >= 0.3 is 0 Å². The summed E-state index contributed by atoms with van der Waals surface area (Å²) in [4.78, 5) is 0.404. The lowest BCUT2D eigenvalue weighted by atomic mass is 10.1. The van der Waals surface area contributed by atoms with Crippen molar-refractivity contribution in [1.29, 1.82) is 0 Å². The molecule has 2 rings (SSSR count).